The van der Waals surface area contributed by atoms with Gasteiger partial charge in [0.05, 0.1) is 6.20 Å². The predicted octanol–water partition coefficient (Wildman–Crippen LogP) is 0.484. The number of aryl methyl sites for hydroxylation is 1. The molecule has 3 nitrogen and oxygen atoms in total. The second-order valence-electron chi connectivity index (χ2n) is 3.58. The fraction of sp³-hybridized carbons (Fsp3) is 0.667. The van der Waals surface area contributed by atoms with Gasteiger partial charge in [-0.05, 0) is 37.3 Å². The molecule has 2 N–H and O–H groups in total. The van der Waals surface area contributed by atoms with Crippen molar-refractivity contribution in [1.82, 2.24) is 9.78 Å². The van der Waals surface area contributed by atoms with Crippen molar-refractivity contribution in [3.8, 4) is 0 Å². The van der Waals surface area contributed by atoms with Gasteiger partial charge in [0.1, 0.15) is 0 Å². The summed E-state index contributed by atoms with van der Waals surface area (Å²) in [6.45, 7) is 0.814. The smallest absolute Gasteiger partial charge is 0.0524 e. The Kier molecular flexibility index (Phi) is 1.89. The molecule has 3 heteroatoms. The van der Waals surface area contributed by atoms with Crippen LogP contribution in [0.15, 0.2) is 6.20 Å². The fourth-order valence-corrected chi connectivity index (χ4v) is 1.96. The van der Waals surface area contributed by atoms with E-state index in [9.17, 15) is 0 Å². The van der Waals surface area contributed by atoms with E-state index in [1.807, 2.05) is 17.9 Å². The lowest BCUT2D eigenvalue weighted by Crippen LogP contribution is -2.22. The molecule has 0 spiro atoms. The Bertz CT molecular complexity index is 277. The van der Waals surface area contributed by atoms with E-state index < -0.39 is 0 Å². The maximum absolute atomic E-state index is 5.64. The lowest BCUT2D eigenvalue weighted by Gasteiger charge is -2.20. The molecule has 1 aromatic rings. The quantitative estimate of drug-likeness (QED) is 0.658. The third-order valence-electron chi connectivity index (χ3n) is 2.78. The van der Waals surface area contributed by atoms with Crippen molar-refractivity contribution < 1.29 is 0 Å². The van der Waals surface area contributed by atoms with Crippen LogP contribution in [-0.4, -0.2) is 16.3 Å². The summed E-state index contributed by atoms with van der Waals surface area (Å²) in [6.07, 6.45) is 5.48. The maximum atomic E-state index is 5.64. The first-order valence-electron chi connectivity index (χ1n) is 4.51. The maximum Gasteiger partial charge on any atom is 0.0524 e. The molecule has 1 heterocycles. The highest BCUT2D eigenvalue weighted by atomic mass is 15.3. The second kappa shape index (κ2) is 2.90. The molecule has 0 radical (unpaired) electrons. The second-order valence-corrected chi connectivity index (χ2v) is 3.58. The Morgan fingerprint density at radius 3 is 3.33 bits per heavy atom. The van der Waals surface area contributed by atoms with E-state index in [1.165, 1.54) is 17.7 Å². The summed E-state index contributed by atoms with van der Waals surface area (Å²) in [7, 11) is 2.02. The number of rotatable bonds is 1. The average Bonchev–Trinajstić information content (AvgIpc) is 2.47. The molecule has 66 valence electrons. The Balaban J connectivity index is 2.24. The first-order valence-corrected chi connectivity index (χ1v) is 4.51. The van der Waals surface area contributed by atoms with Crippen LogP contribution in [0.4, 0.5) is 0 Å². The van der Waals surface area contributed by atoms with Gasteiger partial charge in [0.25, 0.3) is 0 Å². The van der Waals surface area contributed by atoms with Gasteiger partial charge in [0.15, 0.2) is 0 Å². The van der Waals surface area contributed by atoms with Crippen molar-refractivity contribution in [2.75, 3.05) is 6.54 Å². The van der Waals surface area contributed by atoms with Crippen molar-refractivity contribution >= 4 is 0 Å². The summed E-state index contributed by atoms with van der Waals surface area (Å²) >= 11 is 0. The van der Waals surface area contributed by atoms with E-state index in [2.05, 4.69) is 5.10 Å². The molecule has 0 fully saturated rings. The van der Waals surface area contributed by atoms with E-state index in [0.29, 0.717) is 5.92 Å². The summed E-state index contributed by atoms with van der Waals surface area (Å²) in [5, 5.41) is 4.24. The number of nitrogens with zero attached hydrogens (tertiary/aromatic N) is 2. The SMILES string of the molecule is Cn1ncc2c1CCC(CN)C2. The van der Waals surface area contributed by atoms with Gasteiger partial charge in [0.2, 0.25) is 0 Å². The van der Waals surface area contributed by atoms with Crippen molar-refractivity contribution in [2.24, 2.45) is 18.7 Å². The summed E-state index contributed by atoms with van der Waals surface area (Å²) in [4.78, 5) is 0. The number of fused-ring (bicyclic) bond motifs is 1. The highest BCUT2D eigenvalue weighted by Gasteiger charge is 2.19. The van der Waals surface area contributed by atoms with Crippen LogP contribution in [0.5, 0.6) is 0 Å². The minimum absolute atomic E-state index is 0.682. The largest absolute Gasteiger partial charge is 0.330 e. The number of nitrogens with two attached hydrogens (primary N) is 1. The standard InChI is InChI=1S/C9H15N3/c1-12-9-3-2-7(5-10)4-8(9)6-11-12/h6-7H,2-5,10H2,1H3. The lowest BCUT2D eigenvalue weighted by atomic mass is 9.88. The Hall–Kier alpha value is -0.830. The molecule has 0 saturated carbocycles. The molecule has 1 atom stereocenters. The molecule has 0 bridgehead atoms. The molecule has 0 saturated heterocycles. The minimum Gasteiger partial charge on any atom is -0.330 e. The number of aromatic nitrogens is 2. The van der Waals surface area contributed by atoms with E-state index in [-0.39, 0.29) is 0 Å². The third kappa shape index (κ3) is 1.14. The molecule has 1 aliphatic rings. The van der Waals surface area contributed by atoms with Crippen molar-refractivity contribution in [3.63, 3.8) is 0 Å². The molecule has 1 aromatic heterocycles. The summed E-state index contributed by atoms with van der Waals surface area (Å²) in [6, 6.07) is 0. The predicted molar refractivity (Wildman–Crippen MR) is 47.8 cm³/mol. The molecule has 12 heavy (non-hydrogen) atoms. The van der Waals surface area contributed by atoms with Crippen LogP contribution in [0.25, 0.3) is 0 Å². The first kappa shape index (κ1) is 7.80. The van der Waals surface area contributed by atoms with Gasteiger partial charge in [-0.15, -0.1) is 0 Å². The van der Waals surface area contributed by atoms with E-state index in [0.717, 1.165) is 19.4 Å². The van der Waals surface area contributed by atoms with Crippen molar-refractivity contribution in [3.05, 3.63) is 17.5 Å². The molecule has 2 rings (SSSR count). The zero-order chi connectivity index (χ0) is 8.55. The average molecular weight is 165 g/mol. The Labute approximate surface area is 72.6 Å². The summed E-state index contributed by atoms with van der Waals surface area (Å²) in [5.41, 5.74) is 8.44. The van der Waals surface area contributed by atoms with Crippen LogP contribution in [0.3, 0.4) is 0 Å². The fourth-order valence-electron chi connectivity index (χ4n) is 1.96. The number of hydrogen-bond donors (Lipinski definition) is 1. The van der Waals surface area contributed by atoms with Gasteiger partial charge in [-0.2, -0.15) is 5.10 Å². The zero-order valence-corrected chi connectivity index (χ0v) is 7.45. The van der Waals surface area contributed by atoms with Crippen LogP contribution < -0.4 is 5.73 Å². The van der Waals surface area contributed by atoms with Gasteiger partial charge in [-0.1, -0.05) is 0 Å². The Morgan fingerprint density at radius 2 is 2.58 bits per heavy atom. The molecule has 0 aromatic carbocycles. The molecular formula is C9H15N3. The monoisotopic (exact) mass is 165 g/mol. The normalized spacial score (nSPS) is 22.3. The van der Waals surface area contributed by atoms with E-state index >= 15 is 0 Å². The van der Waals surface area contributed by atoms with Gasteiger partial charge >= 0.3 is 0 Å². The summed E-state index contributed by atoms with van der Waals surface area (Å²) < 4.78 is 1.99. The van der Waals surface area contributed by atoms with E-state index in [4.69, 9.17) is 5.73 Å². The highest BCUT2D eigenvalue weighted by Crippen LogP contribution is 2.23. The van der Waals surface area contributed by atoms with Gasteiger partial charge in [-0.25, -0.2) is 0 Å². The van der Waals surface area contributed by atoms with Crippen molar-refractivity contribution in [1.29, 1.82) is 0 Å². The molecular weight excluding hydrogens is 150 g/mol. The van der Waals surface area contributed by atoms with Crippen LogP contribution in [0.1, 0.15) is 17.7 Å². The summed E-state index contributed by atoms with van der Waals surface area (Å²) in [5.74, 6) is 0.682. The van der Waals surface area contributed by atoms with Crippen LogP contribution in [0, 0.1) is 5.92 Å². The molecule has 0 amide bonds. The zero-order valence-electron chi connectivity index (χ0n) is 7.45. The lowest BCUT2D eigenvalue weighted by molar-refractivity contribution is 0.458. The van der Waals surface area contributed by atoms with Gasteiger partial charge in [-0.3, -0.25) is 4.68 Å². The first-order chi connectivity index (χ1) is 5.81. The van der Waals surface area contributed by atoms with Crippen LogP contribution in [0.2, 0.25) is 0 Å². The topological polar surface area (TPSA) is 43.8 Å². The van der Waals surface area contributed by atoms with Crippen LogP contribution in [-0.2, 0) is 19.9 Å². The van der Waals surface area contributed by atoms with E-state index in [1.54, 1.807) is 0 Å². The molecule has 1 aliphatic carbocycles. The highest BCUT2D eigenvalue weighted by molar-refractivity contribution is 5.21. The minimum atomic E-state index is 0.682. The van der Waals surface area contributed by atoms with Gasteiger partial charge in [0, 0.05) is 12.7 Å². The molecule has 1 unspecified atom stereocenters. The van der Waals surface area contributed by atoms with Crippen molar-refractivity contribution in [2.45, 2.75) is 19.3 Å². The van der Waals surface area contributed by atoms with Gasteiger partial charge < -0.3 is 5.73 Å². The Morgan fingerprint density at radius 1 is 1.75 bits per heavy atom. The number of hydrogen-bond acceptors (Lipinski definition) is 2. The molecule has 0 aliphatic heterocycles. The van der Waals surface area contributed by atoms with Crippen LogP contribution >= 0.6 is 0 Å². The third-order valence-corrected chi connectivity index (χ3v) is 2.78.